The number of carbonyl (C=O) groups excluding carboxylic acids is 2. The number of halogens is 2. The maximum absolute atomic E-state index is 15.5. The molecular formula is C38H38ClFN2O4S2. The molecule has 2 atom stereocenters. The van der Waals surface area contributed by atoms with Crippen LogP contribution in [0.3, 0.4) is 0 Å². The second-order valence-electron chi connectivity index (χ2n) is 11.5. The van der Waals surface area contributed by atoms with E-state index in [2.05, 4.69) is 0 Å². The number of rotatable bonds is 11. The molecule has 250 valence electrons. The number of hydrogen-bond acceptors (Lipinski definition) is 6. The number of para-hydroxylation sites is 2. The van der Waals surface area contributed by atoms with E-state index in [-0.39, 0.29) is 31.3 Å². The zero-order valence-corrected chi connectivity index (χ0v) is 29.4. The van der Waals surface area contributed by atoms with Crippen molar-refractivity contribution < 1.29 is 23.5 Å². The summed E-state index contributed by atoms with van der Waals surface area (Å²) in [7, 11) is 0. The minimum atomic E-state index is -1.29. The number of thioether (sulfide) groups is 2. The Morgan fingerprint density at radius 1 is 0.688 bits per heavy atom. The second kappa shape index (κ2) is 14.8. The number of hydrogen-bond donors (Lipinski definition) is 0. The first-order chi connectivity index (χ1) is 23.4. The zero-order valence-electron chi connectivity index (χ0n) is 27.0. The Morgan fingerprint density at radius 2 is 1.17 bits per heavy atom. The standard InChI is InChI=1S/C38H38ClFN2O4S2/c1-3-45-33-15-9-6-12-30(33)37(41(35(43)21-23-47-37)25-27-17-19-29(39)20-18-27)38(31-13-7-10-16-34(31)46-4-2)42(36(44)22-24-48-38)26-28-11-5-8-14-32(28)40/h5-20H,3-4,21-26H2,1-2H3. The van der Waals surface area contributed by atoms with Gasteiger partial charge in [0.2, 0.25) is 11.8 Å². The highest BCUT2D eigenvalue weighted by molar-refractivity contribution is 8.04. The van der Waals surface area contributed by atoms with Gasteiger partial charge in [0.1, 0.15) is 17.3 Å². The molecule has 0 spiro atoms. The van der Waals surface area contributed by atoms with Crippen LogP contribution in [-0.2, 0) is 32.4 Å². The molecule has 0 bridgehead atoms. The normalized spacial score (nSPS) is 21.3. The highest BCUT2D eigenvalue weighted by Gasteiger charge is 2.67. The summed E-state index contributed by atoms with van der Waals surface area (Å²) in [6.07, 6.45) is 0.572. The molecule has 2 saturated heterocycles. The fourth-order valence-electron chi connectivity index (χ4n) is 6.75. The lowest BCUT2D eigenvalue weighted by molar-refractivity contribution is -0.148. The van der Waals surface area contributed by atoms with E-state index in [1.54, 1.807) is 46.6 Å². The zero-order chi connectivity index (χ0) is 33.7. The predicted molar refractivity (Wildman–Crippen MR) is 192 cm³/mol. The van der Waals surface area contributed by atoms with E-state index in [1.165, 1.54) is 6.07 Å². The molecule has 2 unspecified atom stereocenters. The van der Waals surface area contributed by atoms with Crippen LogP contribution in [0.4, 0.5) is 4.39 Å². The van der Waals surface area contributed by atoms with E-state index < -0.39 is 15.6 Å². The molecule has 6 rings (SSSR count). The van der Waals surface area contributed by atoms with Crippen LogP contribution >= 0.6 is 35.1 Å². The summed E-state index contributed by atoms with van der Waals surface area (Å²) in [6, 6.07) is 29.5. The molecule has 6 nitrogen and oxygen atoms in total. The van der Waals surface area contributed by atoms with E-state index in [9.17, 15) is 9.59 Å². The van der Waals surface area contributed by atoms with Crippen LogP contribution in [0, 0.1) is 5.82 Å². The topological polar surface area (TPSA) is 59.1 Å². The van der Waals surface area contributed by atoms with Crippen LogP contribution in [0.25, 0.3) is 0 Å². The van der Waals surface area contributed by atoms with Crippen LogP contribution < -0.4 is 9.47 Å². The lowest BCUT2D eigenvalue weighted by atomic mass is 9.85. The SMILES string of the molecule is CCOc1ccccc1C1(C2(c3ccccc3OCC)SCCC(=O)N2Cc2ccccc2F)SCCC(=O)N1Cc1ccc(Cl)cc1. The van der Waals surface area contributed by atoms with Crippen LogP contribution in [0.2, 0.25) is 5.02 Å². The van der Waals surface area contributed by atoms with Crippen molar-refractivity contribution in [3.8, 4) is 11.5 Å². The van der Waals surface area contributed by atoms with E-state index in [4.69, 9.17) is 21.1 Å². The van der Waals surface area contributed by atoms with Gasteiger partial charge in [0, 0.05) is 52.6 Å². The molecule has 4 aromatic rings. The van der Waals surface area contributed by atoms with Gasteiger partial charge in [-0.1, -0.05) is 78.3 Å². The van der Waals surface area contributed by atoms with Crippen LogP contribution in [0.15, 0.2) is 97.1 Å². The van der Waals surface area contributed by atoms with E-state index in [1.807, 2.05) is 91.5 Å². The fraction of sp³-hybridized carbons (Fsp3) is 0.316. The third kappa shape index (κ3) is 6.16. The molecule has 2 aliphatic heterocycles. The number of nitrogens with zero attached hydrogens (tertiary/aromatic N) is 2. The fourth-order valence-corrected chi connectivity index (χ4v) is 10.5. The molecule has 4 aromatic carbocycles. The summed E-state index contributed by atoms with van der Waals surface area (Å²) in [4.78, 5) is 30.3. The summed E-state index contributed by atoms with van der Waals surface area (Å²) >= 11 is 9.51. The number of amides is 2. The number of benzene rings is 4. The van der Waals surface area contributed by atoms with Gasteiger partial charge < -0.3 is 19.3 Å². The Bertz CT molecular complexity index is 1780. The monoisotopic (exact) mass is 704 g/mol. The van der Waals surface area contributed by atoms with E-state index in [0.29, 0.717) is 53.2 Å². The molecule has 0 radical (unpaired) electrons. The van der Waals surface area contributed by atoms with Crippen molar-refractivity contribution in [2.75, 3.05) is 24.7 Å². The highest BCUT2D eigenvalue weighted by atomic mass is 35.5. The molecule has 2 fully saturated rings. The first kappa shape index (κ1) is 34.2. The van der Waals surface area contributed by atoms with Gasteiger partial charge in [0.25, 0.3) is 0 Å². The van der Waals surface area contributed by atoms with Crippen LogP contribution in [0.1, 0.15) is 48.9 Å². The largest absolute Gasteiger partial charge is 0.493 e. The third-order valence-electron chi connectivity index (χ3n) is 8.72. The Labute approximate surface area is 294 Å². The van der Waals surface area contributed by atoms with Crippen LogP contribution in [-0.4, -0.2) is 46.3 Å². The van der Waals surface area contributed by atoms with Gasteiger partial charge in [0.05, 0.1) is 19.8 Å². The molecule has 2 aliphatic rings. The van der Waals surface area contributed by atoms with Crippen molar-refractivity contribution in [1.29, 1.82) is 0 Å². The van der Waals surface area contributed by atoms with E-state index >= 15 is 4.39 Å². The Balaban J connectivity index is 1.74. The first-order valence-corrected chi connectivity index (χ1v) is 18.5. The highest BCUT2D eigenvalue weighted by Crippen LogP contribution is 2.67. The molecule has 0 aliphatic carbocycles. The maximum atomic E-state index is 15.5. The lowest BCUT2D eigenvalue weighted by Gasteiger charge is -2.62. The van der Waals surface area contributed by atoms with Crippen molar-refractivity contribution in [3.05, 3.63) is 130 Å². The Morgan fingerprint density at radius 3 is 1.69 bits per heavy atom. The van der Waals surface area contributed by atoms with Gasteiger partial charge in [-0.3, -0.25) is 9.59 Å². The summed E-state index contributed by atoms with van der Waals surface area (Å²) < 4.78 is 28.2. The predicted octanol–water partition coefficient (Wildman–Crippen LogP) is 8.61. The minimum Gasteiger partial charge on any atom is -0.493 e. The van der Waals surface area contributed by atoms with Gasteiger partial charge in [-0.15, -0.1) is 23.5 Å². The molecule has 2 heterocycles. The van der Waals surface area contributed by atoms with Crippen molar-refractivity contribution in [1.82, 2.24) is 9.80 Å². The minimum absolute atomic E-state index is 0.0128. The summed E-state index contributed by atoms with van der Waals surface area (Å²) in [5.74, 6) is 1.59. The van der Waals surface area contributed by atoms with Crippen LogP contribution in [0.5, 0.6) is 11.5 Å². The summed E-state index contributed by atoms with van der Waals surface area (Å²) in [6.45, 7) is 4.87. The lowest BCUT2D eigenvalue weighted by Crippen LogP contribution is -2.68. The average molecular weight is 705 g/mol. The van der Waals surface area contributed by atoms with Gasteiger partial charge in [0.15, 0.2) is 9.74 Å². The van der Waals surface area contributed by atoms with Crippen molar-refractivity contribution in [2.45, 2.75) is 49.5 Å². The molecule has 2 amide bonds. The quantitative estimate of drug-likeness (QED) is 0.156. The van der Waals surface area contributed by atoms with Gasteiger partial charge in [-0.2, -0.15) is 0 Å². The summed E-state index contributed by atoms with van der Waals surface area (Å²) in [5, 5.41) is 0.595. The maximum Gasteiger partial charge on any atom is 0.225 e. The molecular weight excluding hydrogens is 667 g/mol. The molecule has 48 heavy (non-hydrogen) atoms. The number of ether oxygens (including phenoxy) is 2. The Kier molecular flexibility index (Phi) is 10.6. The number of carbonyl (C=O) groups is 2. The van der Waals surface area contributed by atoms with Crippen molar-refractivity contribution in [3.63, 3.8) is 0 Å². The smallest absolute Gasteiger partial charge is 0.225 e. The average Bonchev–Trinajstić information content (AvgIpc) is 3.09. The first-order valence-electron chi connectivity index (χ1n) is 16.2. The Hall–Kier alpha value is -3.66. The summed E-state index contributed by atoms with van der Waals surface area (Å²) in [5.41, 5.74) is 2.76. The van der Waals surface area contributed by atoms with Crippen molar-refractivity contribution in [2.24, 2.45) is 0 Å². The van der Waals surface area contributed by atoms with Gasteiger partial charge in [-0.25, -0.2) is 4.39 Å². The molecule has 0 N–H and O–H groups in total. The van der Waals surface area contributed by atoms with Gasteiger partial charge in [-0.05, 0) is 49.7 Å². The molecule has 0 saturated carbocycles. The third-order valence-corrected chi connectivity index (χ3v) is 12.2. The van der Waals surface area contributed by atoms with Gasteiger partial charge >= 0.3 is 0 Å². The molecule has 10 heteroatoms. The van der Waals surface area contributed by atoms with Crippen molar-refractivity contribution >= 4 is 46.9 Å². The second-order valence-corrected chi connectivity index (χ2v) is 14.5. The molecule has 0 aromatic heterocycles. The van der Waals surface area contributed by atoms with E-state index in [0.717, 1.165) is 16.7 Å².